The van der Waals surface area contributed by atoms with Gasteiger partial charge in [0.25, 0.3) is 0 Å². The van der Waals surface area contributed by atoms with Crippen molar-refractivity contribution in [3.05, 3.63) is 18.3 Å². The molecule has 0 aliphatic heterocycles. The Morgan fingerprint density at radius 2 is 2.29 bits per heavy atom. The van der Waals surface area contributed by atoms with Gasteiger partial charge in [-0.2, -0.15) is 0 Å². The van der Waals surface area contributed by atoms with Crippen molar-refractivity contribution in [1.29, 1.82) is 0 Å². The summed E-state index contributed by atoms with van der Waals surface area (Å²) < 4.78 is 5.08. The lowest BCUT2D eigenvalue weighted by Gasteiger charge is -2.19. The number of aromatic nitrogens is 1. The molecule has 0 saturated carbocycles. The highest BCUT2D eigenvalue weighted by Gasteiger charge is 2.09. The fourth-order valence-corrected chi connectivity index (χ4v) is 0.953. The first-order valence-corrected chi connectivity index (χ1v) is 4.54. The third-order valence-corrected chi connectivity index (χ3v) is 1.69. The molecule has 14 heavy (non-hydrogen) atoms. The van der Waals surface area contributed by atoms with Gasteiger partial charge >= 0.3 is 0 Å². The van der Waals surface area contributed by atoms with E-state index in [-0.39, 0.29) is 5.54 Å². The zero-order valence-corrected chi connectivity index (χ0v) is 8.87. The molecule has 0 atom stereocenters. The van der Waals surface area contributed by atoms with E-state index in [0.29, 0.717) is 6.54 Å². The highest BCUT2D eigenvalue weighted by atomic mass is 16.5. The van der Waals surface area contributed by atoms with Crippen LogP contribution in [-0.4, -0.2) is 24.2 Å². The second-order valence-corrected chi connectivity index (χ2v) is 3.92. The quantitative estimate of drug-likeness (QED) is 0.758. The fourth-order valence-electron chi connectivity index (χ4n) is 0.953. The first-order chi connectivity index (χ1) is 6.51. The minimum Gasteiger partial charge on any atom is -0.497 e. The van der Waals surface area contributed by atoms with Crippen LogP contribution in [-0.2, 0) is 0 Å². The van der Waals surface area contributed by atoms with Crippen molar-refractivity contribution >= 4 is 5.82 Å². The van der Waals surface area contributed by atoms with Gasteiger partial charge < -0.3 is 15.8 Å². The predicted molar refractivity (Wildman–Crippen MR) is 57.5 cm³/mol. The largest absolute Gasteiger partial charge is 0.497 e. The van der Waals surface area contributed by atoms with Crippen molar-refractivity contribution in [2.45, 2.75) is 19.4 Å². The maximum absolute atomic E-state index is 5.83. The van der Waals surface area contributed by atoms with Gasteiger partial charge in [-0.1, -0.05) is 0 Å². The van der Waals surface area contributed by atoms with Crippen LogP contribution in [0.15, 0.2) is 18.3 Å². The first-order valence-electron chi connectivity index (χ1n) is 4.54. The second-order valence-electron chi connectivity index (χ2n) is 3.92. The third-order valence-electron chi connectivity index (χ3n) is 1.69. The van der Waals surface area contributed by atoms with E-state index >= 15 is 0 Å². The number of nitrogens with one attached hydrogen (secondary N) is 1. The summed E-state index contributed by atoms with van der Waals surface area (Å²) in [6.45, 7) is 4.59. The summed E-state index contributed by atoms with van der Waals surface area (Å²) in [7, 11) is 1.63. The molecule has 0 bridgehead atoms. The minimum atomic E-state index is -0.245. The number of hydrogen-bond acceptors (Lipinski definition) is 4. The second kappa shape index (κ2) is 4.28. The monoisotopic (exact) mass is 195 g/mol. The molecule has 78 valence electrons. The van der Waals surface area contributed by atoms with Crippen LogP contribution in [0, 0.1) is 0 Å². The van der Waals surface area contributed by atoms with Crippen molar-refractivity contribution in [3.8, 4) is 5.75 Å². The average Bonchev–Trinajstić information content (AvgIpc) is 2.14. The van der Waals surface area contributed by atoms with Gasteiger partial charge in [0, 0.05) is 24.3 Å². The van der Waals surface area contributed by atoms with Gasteiger partial charge in [-0.3, -0.25) is 0 Å². The zero-order chi connectivity index (χ0) is 10.6. The van der Waals surface area contributed by atoms with E-state index in [0.717, 1.165) is 11.6 Å². The summed E-state index contributed by atoms with van der Waals surface area (Å²) in [5.74, 6) is 1.57. The van der Waals surface area contributed by atoms with Crippen LogP contribution in [0.5, 0.6) is 5.75 Å². The van der Waals surface area contributed by atoms with Gasteiger partial charge in [0.05, 0.1) is 7.11 Å². The first kappa shape index (κ1) is 10.8. The molecule has 0 spiro atoms. The van der Waals surface area contributed by atoms with Gasteiger partial charge in [0.1, 0.15) is 11.6 Å². The summed E-state index contributed by atoms with van der Waals surface area (Å²) in [6, 6.07) is 3.64. The highest BCUT2D eigenvalue weighted by molar-refractivity contribution is 5.40. The maximum atomic E-state index is 5.83. The van der Waals surface area contributed by atoms with Crippen molar-refractivity contribution in [1.82, 2.24) is 4.98 Å². The molecule has 0 aliphatic rings. The normalized spacial score (nSPS) is 11.1. The van der Waals surface area contributed by atoms with E-state index in [4.69, 9.17) is 10.5 Å². The summed E-state index contributed by atoms with van der Waals surface area (Å²) in [4.78, 5) is 4.14. The Hall–Kier alpha value is -1.29. The summed E-state index contributed by atoms with van der Waals surface area (Å²) in [6.07, 6.45) is 1.70. The predicted octanol–water partition coefficient (Wildman–Crippen LogP) is 1.24. The molecule has 0 amide bonds. The summed E-state index contributed by atoms with van der Waals surface area (Å²) >= 11 is 0. The molecule has 1 rings (SSSR count). The molecule has 0 saturated heterocycles. The van der Waals surface area contributed by atoms with E-state index in [1.54, 1.807) is 19.4 Å². The van der Waals surface area contributed by atoms with Gasteiger partial charge in [0.2, 0.25) is 0 Å². The molecule has 0 unspecified atom stereocenters. The summed E-state index contributed by atoms with van der Waals surface area (Å²) in [5, 5.41) is 3.14. The lowest BCUT2D eigenvalue weighted by molar-refractivity contribution is 0.414. The zero-order valence-electron chi connectivity index (χ0n) is 8.87. The average molecular weight is 195 g/mol. The third kappa shape index (κ3) is 3.62. The van der Waals surface area contributed by atoms with Gasteiger partial charge in [-0.25, -0.2) is 4.98 Å². The number of rotatable bonds is 4. The molecular formula is C10H17N3O. The van der Waals surface area contributed by atoms with Crippen molar-refractivity contribution in [2.24, 2.45) is 5.73 Å². The van der Waals surface area contributed by atoms with Crippen LogP contribution in [0.4, 0.5) is 5.82 Å². The van der Waals surface area contributed by atoms with E-state index in [9.17, 15) is 0 Å². The van der Waals surface area contributed by atoms with Crippen molar-refractivity contribution in [2.75, 3.05) is 19.0 Å². The lowest BCUT2D eigenvalue weighted by atomic mass is 10.1. The minimum absolute atomic E-state index is 0.245. The van der Waals surface area contributed by atoms with Crippen LogP contribution in [0.25, 0.3) is 0 Å². The number of ether oxygens (including phenoxy) is 1. The molecule has 1 aromatic rings. The van der Waals surface area contributed by atoms with Crippen LogP contribution < -0.4 is 15.8 Å². The Kier molecular flexibility index (Phi) is 3.30. The molecule has 3 N–H and O–H groups in total. The van der Waals surface area contributed by atoms with E-state index in [2.05, 4.69) is 10.3 Å². The molecular weight excluding hydrogens is 178 g/mol. The van der Waals surface area contributed by atoms with Crippen LogP contribution in [0.2, 0.25) is 0 Å². The Labute approximate surface area is 84.5 Å². The Balaban J connectivity index is 2.59. The molecule has 4 nitrogen and oxygen atoms in total. The number of nitrogens with two attached hydrogens (primary N) is 1. The molecule has 0 fully saturated rings. The van der Waals surface area contributed by atoms with Crippen LogP contribution in [0.1, 0.15) is 13.8 Å². The van der Waals surface area contributed by atoms with Gasteiger partial charge in [-0.05, 0) is 19.9 Å². The molecule has 1 heterocycles. The molecule has 4 heteroatoms. The van der Waals surface area contributed by atoms with Gasteiger partial charge in [-0.15, -0.1) is 0 Å². The van der Waals surface area contributed by atoms with E-state index < -0.39 is 0 Å². The number of nitrogens with zero attached hydrogens (tertiary/aromatic N) is 1. The number of methoxy groups -OCH3 is 1. The standard InChI is InChI=1S/C10H17N3O/c1-10(2,11)7-13-9-6-8(14-3)4-5-12-9/h4-6H,7,11H2,1-3H3,(H,12,13). The lowest BCUT2D eigenvalue weighted by Crippen LogP contribution is -2.39. The van der Waals surface area contributed by atoms with Gasteiger partial charge in [0.15, 0.2) is 0 Å². The van der Waals surface area contributed by atoms with Crippen LogP contribution >= 0.6 is 0 Å². The molecule has 0 aromatic carbocycles. The smallest absolute Gasteiger partial charge is 0.129 e. The van der Waals surface area contributed by atoms with Crippen LogP contribution in [0.3, 0.4) is 0 Å². The molecule has 0 radical (unpaired) electrons. The molecule has 0 aliphatic carbocycles. The van der Waals surface area contributed by atoms with Crippen molar-refractivity contribution < 1.29 is 4.74 Å². The molecule has 1 aromatic heterocycles. The Bertz CT molecular complexity index is 294. The van der Waals surface area contributed by atoms with E-state index in [1.807, 2.05) is 19.9 Å². The Morgan fingerprint density at radius 1 is 1.57 bits per heavy atom. The highest BCUT2D eigenvalue weighted by Crippen LogP contribution is 2.13. The SMILES string of the molecule is COc1ccnc(NCC(C)(C)N)c1. The summed E-state index contributed by atoms with van der Waals surface area (Å²) in [5.41, 5.74) is 5.59. The fraction of sp³-hybridized carbons (Fsp3) is 0.500. The van der Waals surface area contributed by atoms with Crippen molar-refractivity contribution in [3.63, 3.8) is 0 Å². The topological polar surface area (TPSA) is 60.2 Å². The number of pyridine rings is 1. The maximum Gasteiger partial charge on any atom is 0.129 e. The van der Waals surface area contributed by atoms with E-state index in [1.165, 1.54) is 0 Å². The Morgan fingerprint density at radius 3 is 2.86 bits per heavy atom. The number of anilines is 1. The number of hydrogen-bond donors (Lipinski definition) is 2.